The third kappa shape index (κ3) is 8.57. The second-order valence-electron chi connectivity index (χ2n) is 11.0. The Morgan fingerprint density at radius 3 is 2.42 bits per heavy atom. The number of ether oxygens (including phenoxy) is 1. The molecule has 2 heterocycles. The fourth-order valence-electron chi connectivity index (χ4n) is 4.44. The first-order chi connectivity index (χ1) is 18.9. The number of aryl methyl sites for hydroxylation is 1. The smallest absolute Gasteiger partial charge is 0.305 e. The quantitative estimate of drug-likeness (QED) is 0.281. The lowest BCUT2D eigenvalue weighted by Crippen LogP contribution is -2.57. The number of aromatic nitrogens is 1. The van der Waals surface area contributed by atoms with E-state index in [0.717, 1.165) is 21.7 Å². The average molecular weight is 575 g/mol. The first kappa shape index (κ1) is 31.2. The molecule has 1 aliphatic rings. The van der Waals surface area contributed by atoms with Gasteiger partial charge in [-0.3, -0.25) is 19.2 Å². The van der Waals surface area contributed by atoms with Crippen molar-refractivity contribution >= 4 is 35.0 Å². The second-order valence-corrected chi connectivity index (χ2v) is 11.8. The second kappa shape index (κ2) is 13.8. The van der Waals surface area contributed by atoms with E-state index in [4.69, 9.17) is 9.84 Å². The highest BCUT2D eigenvalue weighted by molar-refractivity contribution is 7.13. The lowest BCUT2D eigenvalue weighted by Gasteiger charge is -2.35. The molecule has 11 nitrogen and oxygen atoms in total. The number of hydrogen-bond donors (Lipinski definition) is 4. The molecule has 40 heavy (non-hydrogen) atoms. The number of carboxylic acid groups (broad SMARTS) is 1. The van der Waals surface area contributed by atoms with Gasteiger partial charge in [-0.2, -0.15) is 0 Å². The van der Waals surface area contributed by atoms with Crippen molar-refractivity contribution in [2.75, 3.05) is 19.8 Å². The summed E-state index contributed by atoms with van der Waals surface area (Å²) >= 11 is 1.57. The fraction of sp³-hybridized carbons (Fsp3) is 0.536. The highest BCUT2D eigenvalue weighted by Gasteiger charge is 2.44. The molecule has 1 fully saturated rings. The van der Waals surface area contributed by atoms with E-state index >= 15 is 0 Å². The Bertz CT molecular complexity index is 1190. The number of β-amino-alcohol motifs (C(OH)–C–C–N with tert-alkyl or cyclic N) is 1. The van der Waals surface area contributed by atoms with Gasteiger partial charge in [-0.05, 0) is 23.5 Å². The number of aliphatic hydroxyl groups excluding tert-OH is 1. The van der Waals surface area contributed by atoms with Crippen LogP contribution in [0.2, 0.25) is 0 Å². The summed E-state index contributed by atoms with van der Waals surface area (Å²) in [5, 5.41) is 24.6. The zero-order valence-electron chi connectivity index (χ0n) is 23.3. The number of aliphatic hydroxyl groups is 1. The number of nitrogens with one attached hydrogen (secondary N) is 2. The van der Waals surface area contributed by atoms with Gasteiger partial charge in [0.05, 0.1) is 41.8 Å². The molecule has 3 amide bonds. The maximum absolute atomic E-state index is 13.6. The van der Waals surface area contributed by atoms with Gasteiger partial charge in [0.2, 0.25) is 17.7 Å². The van der Waals surface area contributed by atoms with E-state index in [1.165, 1.54) is 4.90 Å². The van der Waals surface area contributed by atoms with Crippen LogP contribution < -0.4 is 10.6 Å². The molecule has 2 aromatic rings. The van der Waals surface area contributed by atoms with Crippen molar-refractivity contribution in [1.82, 2.24) is 20.5 Å². The van der Waals surface area contributed by atoms with Crippen molar-refractivity contribution in [3.63, 3.8) is 0 Å². The minimum atomic E-state index is -0.992. The lowest BCUT2D eigenvalue weighted by molar-refractivity contribution is -0.144. The van der Waals surface area contributed by atoms with Crippen LogP contribution in [0.5, 0.6) is 0 Å². The molecule has 3 rings (SSSR count). The SMILES string of the molecule is Cc1ncsc1-c1ccc(CNC(=O)[C@@H]2C[C@@H](O)CN2C(=O)[C@@H](NC(=O)CCOCCC(=O)O)C(C)(C)C)cc1. The van der Waals surface area contributed by atoms with Gasteiger partial charge in [-0.25, -0.2) is 4.98 Å². The van der Waals surface area contributed by atoms with Crippen LogP contribution in [-0.4, -0.2) is 81.7 Å². The number of carbonyl (C=O) groups is 4. The van der Waals surface area contributed by atoms with Gasteiger partial charge < -0.3 is 30.5 Å². The van der Waals surface area contributed by atoms with Gasteiger partial charge in [0.25, 0.3) is 0 Å². The van der Waals surface area contributed by atoms with Crippen LogP contribution in [0, 0.1) is 12.3 Å². The normalized spacial score (nSPS) is 17.9. The van der Waals surface area contributed by atoms with Gasteiger partial charge in [0, 0.05) is 25.9 Å². The molecule has 218 valence electrons. The van der Waals surface area contributed by atoms with E-state index < -0.39 is 41.4 Å². The molecule has 0 aliphatic carbocycles. The average Bonchev–Trinajstić information content (AvgIpc) is 3.50. The highest BCUT2D eigenvalue weighted by Crippen LogP contribution is 2.28. The summed E-state index contributed by atoms with van der Waals surface area (Å²) in [5.41, 5.74) is 4.03. The van der Waals surface area contributed by atoms with Gasteiger partial charge in [0.15, 0.2) is 0 Å². The number of benzene rings is 1. The molecule has 1 aliphatic heterocycles. The van der Waals surface area contributed by atoms with Crippen LogP contribution in [0.25, 0.3) is 10.4 Å². The van der Waals surface area contributed by atoms with Gasteiger partial charge in [-0.1, -0.05) is 45.0 Å². The third-order valence-corrected chi connectivity index (χ3v) is 7.62. The number of amides is 3. The molecular formula is C28H38N4O7S. The van der Waals surface area contributed by atoms with Crippen LogP contribution in [0.4, 0.5) is 0 Å². The van der Waals surface area contributed by atoms with Crippen molar-refractivity contribution in [2.24, 2.45) is 5.41 Å². The van der Waals surface area contributed by atoms with Crippen molar-refractivity contribution in [3.05, 3.63) is 41.0 Å². The number of hydrogen-bond acceptors (Lipinski definition) is 8. The Balaban J connectivity index is 1.60. The van der Waals surface area contributed by atoms with Gasteiger partial charge in [-0.15, -0.1) is 11.3 Å². The Labute approximate surface area is 237 Å². The molecule has 1 saturated heterocycles. The monoisotopic (exact) mass is 574 g/mol. The lowest BCUT2D eigenvalue weighted by atomic mass is 9.85. The van der Waals surface area contributed by atoms with Crippen LogP contribution in [0.3, 0.4) is 0 Å². The van der Waals surface area contributed by atoms with E-state index in [1.54, 1.807) is 37.6 Å². The molecule has 3 atom stereocenters. The first-order valence-electron chi connectivity index (χ1n) is 13.2. The summed E-state index contributed by atoms with van der Waals surface area (Å²) in [6.45, 7) is 7.62. The summed E-state index contributed by atoms with van der Waals surface area (Å²) in [6, 6.07) is 6.00. The Hall–Kier alpha value is -3.35. The summed E-state index contributed by atoms with van der Waals surface area (Å²) < 4.78 is 5.17. The van der Waals surface area contributed by atoms with Crippen LogP contribution in [0.15, 0.2) is 29.8 Å². The zero-order valence-corrected chi connectivity index (χ0v) is 24.1. The predicted octanol–water partition coefficient (Wildman–Crippen LogP) is 2.11. The third-order valence-electron chi connectivity index (χ3n) is 6.65. The van der Waals surface area contributed by atoms with Crippen molar-refractivity contribution in [2.45, 2.75) is 71.7 Å². The number of carbonyl (C=O) groups excluding carboxylic acids is 3. The number of rotatable bonds is 12. The summed E-state index contributed by atoms with van der Waals surface area (Å²) in [5.74, 6) is -2.25. The molecule has 0 unspecified atom stereocenters. The molecule has 0 radical (unpaired) electrons. The van der Waals surface area contributed by atoms with Gasteiger partial charge in [0.1, 0.15) is 12.1 Å². The van der Waals surface area contributed by atoms with Crippen molar-refractivity contribution in [3.8, 4) is 10.4 Å². The largest absolute Gasteiger partial charge is 0.481 e. The maximum Gasteiger partial charge on any atom is 0.305 e. The van der Waals surface area contributed by atoms with Gasteiger partial charge >= 0.3 is 5.97 Å². The van der Waals surface area contributed by atoms with E-state index in [9.17, 15) is 24.3 Å². The number of likely N-dealkylation sites (tertiary alicyclic amines) is 1. The summed E-state index contributed by atoms with van der Waals surface area (Å²) in [6.07, 6.45) is -0.972. The Morgan fingerprint density at radius 2 is 1.82 bits per heavy atom. The molecule has 12 heteroatoms. The van der Waals surface area contributed by atoms with E-state index in [2.05, 4.69) is 15.6 Å². The number of thiazole rings is 1. The van der Waals surface area contributed by atoms with E-state index in [0.29, 0.717) is 0 Å². The minimum Gasteiger partial charge on any atom is -0.481 e. The van der Waals surface area contributed by atoms with Crippen LogP contribution >= 0.6 is 11.3 Å². The Morgan fingerprint density at radius 1 is 1.15 bits per heavy atom. The van der Waals surface area contributed by atoms with E-state index in [-0.39, 0.29) is 51.5 Å². The minimum absolute atomic E-state index is 0.0113. The molecular weight excluding hydrogens is 536 g/mol. The molecule has 1 aromatic carbocycles. The maximum atomic E-state index is 13.6. The molecule has 0 bridgehead atoms. The topological polar surface area (TPSA) is 158 Å². The molecule has 4 N–H and O–H groups in total. The van der Waals surface area contributed by atoms with Crippen molar-refractivity contribution < 1.29 is 34.1 Å². The van der Waals surface area contributed by atoms with E-state index in [1.807, 2.05) is 31.2 Å². The number of carboxylic acids is 1. The molecule has 0 spiro atoms. The van der Waals surface area contributed by atoms with Crippen LogP contribution in [0.1, 0.15) is 51.3 Å². The highest BCUT2D eigenvalue weighted by atomic mass is 32.1. The standard InChI is InChI=1S/C28H38N4O7S/c1-17-24(40-16-30-17)19-7-5-18(6-8-19)14-29-26(37)21-13-20(33)15-32(21)27(38)25(28(2,3)4)31-22(34)9-11-39-12-10-23(35)36/h5-8,16,20-21,25,33H,9-15H2,1-4H3,(H,29,37)(H,31,34)(H,35,36)/t20-,21+,25-/m1/s1. The Kier molecular flexibility index (Phi) is 10.8. The summed E-state index contributed by atoms with van der Waals surface area (Å²) in [4.78, 5) is 56.6. The molecule has 0 saturated carbocycles. The number of aliphatic carboxylic acids is 1. The summed E-state index contributed by atoms with van der Waals surface area (Å²) in [7, 11) is 0. The number of nitrogens with zero attached hydrogens (tertiary/aromatic N) is 2. The zero-order chi connectivity index (χ0) is 29.4. The van der Waals surface area contributed by atoms with Crippen molar-refractivity contribution in [1.29, 1.82) is 0 Å². The predicted molar refractivity (Wildman–Crippen MR) is 149 cm³/mol. The first-order valence-corrected chi connectivity index (χ1v) is 14.1. The van der Waals surface area contributed by atoms with Crippen LogP contribution in [-0.2, 0) is 30.5 Å². The molecule has 1 aromatic heterocycles. The fourth-order valence-corrected chi connectivity index (χ4v) is 5.25.